The lowest BCUT2D eigenvalue weighted by Crippen LogP contribution is -2.22. The van der Waals surface area contributed by atoms with Gasteiger partial charge in [-0.15, -0.1) is 0 Å². The molecule has 0 saturated heterocycles. The molecule has 0 aliphatic rings. The predicted octanol–water partition coefficient (Wildman–Crippen LogP) is 3.20. The average Bonchev–Trinajstić information content (AvgIpc) is 2.54. The van der Waals surface area contributed by atoms with Crippen molar-refractivity contribution in [3.05, 3.63) is 17.2 Å². The lowest BCUT2D eigenvalue weighted by Gasteiger charge is -2.26. The second-order valence-corrected chi connectivity index (χ2v) is 4.36. The largest absolute Gasteiger partial charge is 0.242 e. The second-order valence-electron chi connectivity index (χ2n) is 4.36. The fraction of sp³-hybridized carbons (Fsp3) is 0.750. The first-order valence-electron chi connectivity index (χ1n) is 5.72. The summed E-state index contributed by atoms with van der Waals surface area (Å²) in [6.07, 6.45) is 2.68. The van der Waals surface area contributed by atoms with Crippen LogP contribution >= 0.6 is 0 Å². The predicted molar refractivity (Wildman–Crippen MR) is 60.5 cm³/mol. The van der Waals surface area contributed by atoms with Crippen LogP contribution in [0.25, 0.3) is 0 Å². The summed E-state index contributed by atoms with van der Waals surface area (Å²) in [5, 5.41) is 4.23. The fourth-order valence-corrected chi connectivity index (χ4v) is 2.00. The molecule has 1 rings (SSSR count). The molecule has 3 heteroatoms. The Bertz CT molecular complexity index is 338. The molecule has 1 aromatic heterocycles. The summed E-state index contributed by atoms with van der Waals surface area (Å²) in [5.74, 6) is -0.168. The molecule has 0 spiro atoms. The Labute approximate surface area is 91.5 Å². The topological polar surface area (TPSA) is 17.8 Å². The van der Waals surface area contributed by atoms with Gasteiger partial charge in [-0.05, 0) is 24.7 Å². The van der Waals surface area contributed by atoms with Crippen LogP contribution in [0.4, 0.5) is 4.39 Å². The summed E-state index contributed by atoms with van der Waals surface area (Å²) in [4.78, 5) is 0. The van der Waals surface area contributed by atoms with Crippen molar-refractivity contribution in [2.75, 3.05) is 0 Å². The smallest absolute Gasteiger partial charge is 0.215 e. The molecule has 0 aliphatic carbocycles. The van der Waals surface area contributed by atoms with Crippen molar-refractivity contribution in [2.24, 2.45) is 7.05 Å². The molecule has 0 aromatic carbocycles. The van der Waals surface area contributed by atoms with Crippen LogP contribution in [0.3, 0.4) is 0 Å². The zero-order chi connectivity index (χ0) is 11.6. The Hall–Kier alpha value is -0.860. The first-order valence-corrected chi connectivity index (χ1v) is 5.72. The molecule has 0 aliphatic heterocycles. The monoisotopic (exact) mass is 212 g/mol. The van der Waals surface area contributed by atoms with Crippen molar-refractivity contribution in [2.45, 2.75) is 52.4 Å². The van der Waals surface area contributed by atoms with E-state index in [-0.39, 0.29) is 11.4 Å². The molecule has 0 atom stereocenters. The molecule has 0 saturated carbocycles. The van der Waals surface area contributed by atoms with Gasteiger partial charge in [0, 0.05) is 12.6 Å². The molecule has 0 radical (unpaired) electrons. The number of aryl methyl sites for hydroxylation is 2. The van der Waals surface area contributed by atoms with Crippen LogP contribution in [-0.2, 0) is 18.9 Å². The van der Waals surface area contributed by atoms with Crippen LogP contribution in [-0.4, -0.2) is 9.78 Å². The molecule has 0 N–H and O–H groups in total. The second kappa shape index (κ2) is 4.33. The van der Waals surface area contributed by atoms with E-state index in [0.717, 1.165) is 30.5 Å². The third-order valence-corrected chi connectivity index (χ3v) is 3.55. The highest BCUT2D eigenvalue weighted by Crippen LogP contribution is 2.35. The highest BCUT2D eigenvalue weighted by atomic mass is 19.1. The summed E-state index contributed by atoms with van der Waals surface area (Å²) in [6, 6.07) is 0. The Kier molecular flexibility index (Phi) is 3.53. The van der Waals surface area contributed by atoms with Gasteiger partial charge in [0.1, 0.15) is 0 Å². The SMILES string of the molecule is CCc1nn(C)c(F)c1C(C)(CC)CC. The Morgan fingerprint density at radius 1 is 1.27 bits per heavy atom. The highest BCUT2D eigenvalue weighted by Gasteiger charge is 2.31. The molecule has 0 fully saturated rings. The van der Waals surface area contributed by atoms with Crippen LogP contribution in [0.15, 0.2) is 0 Å². The minimum atomic E-state index is -0.168. The van der Waals surface area contributed by atoms with E-state index >= 15 is 0 Å². The van der Waals surface area contributed by atoms with Gasteiger partial charge in [0.25, 0.3) is 0 Å². The molecular weight excluding hydrogens is 191 g/mol. The number of nitrogens with zero attached hydrogens (tertiary/aromatic N) is 2. The number of hydrogen-bond donors (Lipinski definition) is 0. The zero-order valence-corrected chi connectivity index (χ0v) is 10.4. The lowest BCUT2D eigenvalue weighted by atomic mass is 9.77. The molecule has 15 heavy (non-hydrogen) atoms. The molecule has 0 bridgehead atoms. The molecule has 0 amide bonds. The van der Waals surface area contributed by atoms with E-state index in [0.29, 0.717) is 0 Å². The number of aromatic nitrogens is 2. The van der Waals surface area contributed by atoms with Crippen LogP contribution in [0.1, 0.15) is 51.8 Å². The molecule has 2 nitrogen and oxygen atoms in total. The summed E-state index contributed by atoms with van der Waals surface area (Å²) in [6.45, 7) is 8.36. The average molecular weight is 212 g/mol. The Morgan fingerprint density at radius 2 is 1.80 bits per heavy atom. The minimum absolute atomic E-state index is 0.0797. The van der Waals surface area contributed by atoms with Crippen LogP contribution in [0.2, 0.25) is 0 Å². The summed E-state index contributed by atoms with van der Waals surface area (Å²) in [5.41, 5.74) is 1.64. The maximum absolute atomic E-state index is 14.0. The van der Waals surface area contributed by atoms with Gasteiger partial charge >= 0.3 is 0 Å². The summed E-state index contributed by atoms with van der Waals surface area (Å²) < 4.78 is 15.3. The quantitative estimate of drug-likeness (QED) is 0.749. The molecular formula is C12H21FN2. The maximum Gasteiger partial charge on any atom is 0.215 e. The molecule has 1 heterocycles. The lowest BCUT2D eigenvalue weighted by molar-refractivity contribution is 0.399. The normalized spacial score (nSPS) is 12.1. The van der Waals surface area contributed by atoms with Crippen LogP contribution < -0.4 is 0 Å². The van der Waals surface area contributed by atoms with Gasteiger partial charge in [-0.2, -0.15) is 9.49 Å². The highest BCUT2D eigenvalue weighted by molar-refractivity contribution is 5.28. The van der Waals surface area contributed by atoms with Crippen molar-refractivity contribution < 1.29 is 4.39 Å². The Morgan fingerprint density at radius 3 is 2.20 bits per heavy atom. The van der Waals surface area contributed by atoms with Crippen molar-refractivity contribution in [1.29, 1.82) is 0 Å². The Balaban J connectivity index is 3.33. The van der Waals surface area contributed by atoms with Gasteiger partial charge in [0.2, 0.25) is 5.95 Å². The molecule has 86 valence electrons. The first kappa shape index (κ1) is 12.2. The first-order chi connectivity index (χ1) is 7.00. The van der Waals surface area contributed by atoms with E-state index in [1.165, 1.54) is 4.68 Å². The van der Waals surface area contributed by atoms with Crippen molar-refractivity contribution in [3.63, 3.8) is 0 Å². The number of halogens is 1. The molecule has 0 unspecified atom stereocenters. The van der Waals surface area contributed by atoms with E-state index in [1.807, 2.05) is 6.92 Å². The van der Waals surface area contributed by atoms with Crippen LogP contribution in [0.5, 0.6) is 0 Å². The van der Waals surface area contributed by atoms with Gasteiger partial charge in [-0.3, -0.25) is 0 Å². The number of rotatable bonds is 4. The van der Waals surface area contributed by atoms with Gasteiger partial charge in [0.15, 0.2) is 0 Å². The van der Waals surface area contributed by atoms with Gasteiger partial charge in [0.05, 0.1) is 5.69 Å². The van der Waals surface area contributed by atoms with Crippen LogP contribution in [0, 0.1) is 5.95 Å². The van der Waals surface area contributed by atoms with Gasteiger partial charge in [-0.25, -0.2) is 4.68 Å². The molecule has 1 aromatic rings. The van der Waals surface area contributed by atoms with Crippen molar-refractivity contribution in [1.82, 2.24) is 9.78 Å². The van der Waals surface area contributed by atoms with E-state index in [1.54, 1.807) is 7.05 Å². The van der Waals surface area contributed by atoms with E-state index in [4.69, 9.17) is 0 Å². The van der Waals surface area contributed by atoms with Crippen molar-refractivity contribution in [3.8, 4) is 0 Å². The van der Waals surface area contributed by atoms with E-state index in [9.17, 15) is 4.39 Å². The summed E-state index contributed by atoms with van der Waals surface area (Å²) >= 11 is 0. The maximum atomic E-state index is 14.0. The fourth-order valence-electron chi connectivity index (χ4n) is 2.00. The van der Waals surface area contributed by atoms with E-state index in [2.05, 4.69) is 25.9 Å². The van der Waals surface area contributed by atoms with Gasteiger partial charge in [-0.1, -0.05) is 27.7 Å². The number of hydrogen-bond acceptors (Lipinski definition) is 1. The van der Waals surface area contributed by atoms with Crippen molar-refractivity contribution >= 4 is 0 Å². The van der Waals surface area contributed by atoms with E-state index < -0.39 is 0 Å². The third kappa shape index (κ3) is 1.92. The summed E-state index contributed by atoms with van der Waals surface area (Å²) in [7, 11) is 1.67. The van der Waals surface area contributed by atoms with Gasteiger partial charge < -0.3 is 0 Å². The standard InChI is InChI=1S/C12H21FN2/c1-6-9-10(11(13)15(5)14-9)12(4,7-2)8-3/h6-8H2,1-5H3. The minimum Gasteiger partial charge on any atom is -0.242 e. The third-order valence-electron chi connectivity index (χ3n) is 3.55. The zero-order valence-electron chi connectivity index (χ0n) is 10.4.